The molecule has 1 aliphatic heterocycles. The molecular formula is C13H13FN2O2S3. The van der Waals surface area contributed by atoms with Crippen molar-refractivity contribution in [2.24, 2.45) is 0 Å². The predicted octanol–water partition coefficient (Wildman–Crippen LogP) is 1.89. The summed E-state index contributed by atoms with van der Waals surface area (Å²) in [5.74, 6) is -0.0573. The van der Waals surface area contributed by atoms with Gasteiger partial charge < -0.3 is 5.32 Å². The number of thioether (sulfide) groups is 2. The fourth-order valence-corrected chi connectivity index (χ4v) is 3.55. The second kappa shape index (κ2) is 7.77. The third-order valence-corrected chi connectivity index (χ3v) is 5.17. The molecule has 1 aliphatic rings. The molecule has 0 saturated carbocycles. The molecule has 0 bridgehead atoms. The molecular weight excluding hydrogens is 331 g/mol. The van der Waals surface area contributed by atoms with Crippen LogP contribution in [-0.4, -0.2) is 45.6 Å². The molecule has 1 N–H and O–H groups in total. The Labute approximate surface area is 135 Å². The molecule has 1 fully saturated rings. The van der Waals surface area contributed by atoms with Gasteiger partial charge in [-0.3, -0.25) is 14.5 Å². The summed E-state index contributed by atoms with van der Waals surface area (Å²) in [5.41, 5.74) is 0. The van der Waals surface area contributed by atoms with Crippen molar-refractivity contribution >= 4 is 51.9 Å². The van der Waals surface area contributed by atoms with Crippen molar-refractivity contribution in [1.82, 2.24) is 10.2 Å². The van der Waals surface area contributed by atoms with Crippen LogP contribution in [0.2, 0.25) is 0 Å². The number of carbonyl (C=O) groups excluding carboxylic acids is 2. The molecule has 0 atom stereocenters. The minimum Gasteiger partial charge on any atom is -0.354 e. The van der Waals surface area contributed by atoms with E-state index in [-0.39, 0.29) is 23.4 Å². The van der Waals surface area contributed by atoms with E-state index in [1.807, 2.05) is 0 Å². The molecule has 1 aromatic rings. The zero-order chi connectivity index (χ0) is 15.2. The smallest absolute Gasteiger partial charge is 0.238 e. The van der Waals surface area contributed by atoms with Gasteiger partial charge in [-0.05, 0) is 12.1 Å². The largest absolute Gasteiger partial charge is 0.354 e. The molecule has 2 rings (SSSR count). The summed E-state index contributed by atoms with van der Waals surface area (Å²) in [6, 6.07) is 6.32. The zero-order valence-corrected chi connectivity index (χ0v) is 13.5. The van der Waals surface area contributed by atoms with Crippen molar-refractivity contribution in [2.75, 3.05) is 24.6 Å². The van der Waals surface area contributed by atoms with E-state index in [9.17, 15) is 14.0 Å². The average Bonchev–Trinajstić information content (AvgIpc) is 2.78. The van der Waals surface area contributed by atoms with Crippen LogP contribution in [0.3, 0.4) is 0 Å². The molecule has 1 aromatic carbocycles. The lowest BCUT2D eigenvalue weighted by molar-refractivity contribution is -0.124. The second-order valence-electron chi connectivity index (χ2n) is 4.17. The van der Waals surface area contributed by atoms with Gasteiger partial charge in [-0.2, -0.15) is 0 Å². The zero-order valence-electron chi connectivity index (χ0n) is 11.0. The highest BCUT2D eigenvalue weighted by Gasteiger charge is 2.25. The quantitative estimate of drug-likeness (QED) is 0.631. The lowest BCUT2D eigenvalue weighted by atomic mass is 10.3. The third-order valence-electron chi connectivity index (χ3n) is 2.69. The van der Waals surface area contributed by atoms with Crippen LogP contribution in [0.5, 0.6) is 0 Å². The SMILES string of the molecule is O=C(CSc1ccccc1F)NCCN1C(=O)CSC1=S. The van der Waals surface area contributed by atoms with Crippen molar-refractivity contribution in [3.05, 3.63) is 30.1 Å². The molecule has 8 heteroatoms. The van der Waals surface area contributed by atoms with Gasteiger partial charge in [-0.15, -0.1) is 11.8 Å². The van der Waals surface area contributed by atoms with Crippen molar-refractivity contribution in [2.45, 2.75) is 4.90 Å². The fourth-order valence-electron chi connectivity index (χ4n) is 1.66. The van der Waals surface area contributed by atoms with Gasteiger partial charge in [0.1, 0.15) is 10.1 Å². The van der Waals surface area contributed by atoms with E-state index in [0.29, 0.717) is 28.1 Å². The first-order valence-electron chi connectivity index (χ1n) is 6.19. The van der Waals surface area contributed by atoms with Crippen LogP contribution in [0.4, 0.5) is 4.39 Å². The van der Waals surface area contributed by atoms with Gasteiger partial charge in [0.2, 0.25) is 11.8 Å². The van der Waals surface area contributed by atoms with Gasteiger partial charge in [0.15, 0.2) is 0 Å². The number of rotatable bonds is 6. The molecule has 21 heavy (non-hydrogen) atoms. The van der Waals surface area contributed by atoms with E-state index in [2.05, 4.69) is 5.32 Å². The lowest BCUT2D eigenvalue weighted by Gasteiger charge is -2.15. The highest BCUT2D eigenvalue weighted by molar-refractivity contribution is 8.23. The fraction of sp³-hybridized carbons (Fsp3) is 0.308. The lowest BCUT2D eigenvalue weighted by Crippen LogP contribution is -2.37. The molecule has 112 valence electrons. The van der Waals surface area contributed by atoms with E-state index in [1.54, 1.807) is 18.2 Å². The standard InChI is InChI=1S/C13H13FN2O2S3/c14-9-3-1-2-4-10(9)20-7-11(17)15-5-6-16-12(18)8-21-13(16)19/h1-4H,5-8H2,(H,15,17). The summed E-state index contributed by atoms with van der Waals surface area (Å²) in [7, 11) is 0. The van der Waals surface area contributed by atoms with E-state index in [0.717, 1.165) is 11.8 Å². The van der Waals surface area contributed by atoms with Gasteiger partial charge in [0.25, 0.3) is 0 Å². The topological polar surface area (TPSA) is 49.4 Å². The number of nitrogens with zero attached hydrogens (tertiary/aromatic N) is 1. The van der Waals surface area contributed by atoms with Gasteiger partial charge >= 0.3 is 0 Å². The molecule has 0 aromatic heterocycles. The Morgan fingerprint density at radius 2 is 2.24 bits per heavy atom. The number of halogens is 1. The van der Waals surface area contributed by atoms with Gasteiger partial charge in [0, 0.05) is 18.0 Å². The Balaban J connectivity index is 1.69. The number of thiocarbonyl (C=S) groups is 1. The molecule has 1 saturated heterocycles. The van der Waals surface area contributed by atoms with Gasteiger partial charge in [-0.1, -0.05) is 36.1 Å². The summed E-state index contributed by atoms with van der Waals surface area (Å²) in [4.78, 5) is 25.1. The third kappa shape index (κ3) is 4.69. The van der Waals surface area contributed by atoms with E-state index < -0.39 is 0 Å². The Morgan fingerprint density at radius 3 is 2.90 bits per heavy atom. The summed E-state index contributed by atoms with van der Waals surface area (Å²) < 4.78 is 13.9. The molecule has 0 aliphatic carbocycles. The maximum absolute atomic E-state index is 13.4. The van der Waals surface area contributed by atoms with E-state index >= 15 is 0 Å². The molecule has 0 spiro atoms. The summed E-state index contributed by atoms with van der Waals surface area (Å²) in [6.07, 6.45) is 0. The summed E-state index contributed by atoms with van der Waals surface area (Å²) in [6.45, 7) is 0.712. The molecule has 4 nitrogen and oxygen atoms in total. The van der Waals surface area contributed by atoms with Crippen LogP contribution in [0.25, 0.3) is 0 Å². The normalized spacial score (nSPS) is 14.6. The highest BCUT2D eigenvalue weighted by Crippen LogP contribution is 2.21. The Bertz CT molecular complexity index is 552. The highest BCUT2D eigenvalue weighted by atomic mass is 32.2. The summed E-state index contributed by atoms with van der Waals surface area (Å²) in [5, 5.41) is 2.70. The first-order valence-corrected chi connectivity index (χ1v) is 8.57. The molecule has 1 heterocycles. The summed E-state index contributed by atoms with van der Waals surface area (Å²) >= 11 is 7.51. The van der Waals surface area contributed by atoms with Crippen LogP contribution in [0.15, 0.2) is 29.2 Å². The minimum absolute atomic E-state index is 0.0278. The molecule has 0 radical (unpaired) electrons. The number of carbonyl (C=O) groups is 2. The van der Waals surface area contributed by atoms with Crippen LogP contribution in [-0.2, 0) is 9.59 Å². The van der Waals surface area contributed by atoms with Crippen molar-refractivity contribution in [1.29, 1.82) is 0 Å². The van der Waals surface area contributed by atoms with Crippen molar-refractivity contribution < 1.29 is 14.0 Å². The Kier molecular flexibility index (Phi) is 6.01. The monoisotopic (exact) mass is 344 g/mol. The van der Waals surface area contributed by atoms with Crippen LogP contribution < -0.4 is 5.32 Å². The molecule has 0 unspecified atom stereocenters. The maximum Gasteiger partial charge on any atom is 0.238 e. The minimum atomic E-state index is -0.333. The predicted molar refractivity (Wildman–Crippen MR) is 86.9 cm³/mol. The van der Waals surface area contributed by atoms with Gasteiger partial charge in [0.05, 0.1) is 11.5 Å². The Hall–Kier alpha value is -1.12. The number of hydrogen-bond donors (Lipinski definition) is 1. The number of nitrogens with one attached hydrogen (secondary N) is 1. The maximum atomic E-state index is 13.4. The first kappa shape index (κ1) is 16.3. The van der Waals surface area contributed by atoms with Crippen LogP contribution in [0, 0.1) is 5.82 Å². The first-order chi connectivity index (χ1) is 10.1. The average molecular weight is 344 g/mol. The number of hydrogen-bond acceptors (Lipinski definition) is 5. The molecule has 2 amide bonds. The van der Waals surface area contributed by atoms with Crippen LogP contribution >= 0.6 is 35.7 Å². The number of benzene rings is 1. The van der Waals surface area contributed by atoms with E-state index in [1.165, 1.54) is 22.7 Å². The Morgan fingerprint density at radius 1 is 1.48 bits per heavy atom. The van der Waals surface area contributed by atoms with E-state index in [4.69, 9.17) is 12.2 Å². The number of amides is 2. The van der Waals surface area contributed by atoms with Crippen molar-refractivity contribution in [3.63, 3.8) is 0 Å². The van der Waals surface area contributed by atoms with Crippen LogP contribution in [0.1, 0.15) is 0 Å². The van der Waals surface area contributed by atoms with Gasteiger partial charge in [-0.25, -0.2) is 4.39 Å². The van der Waals surface area contributed by atoms with Crippen molar-refractivity contribution in [3.8, 4) is 0 Å². The second-order valence-corrected chi connectivity index (χ2v) is 6.80.